The molecule has 94 valence electrons. The quantitative estimate of drug-likeness (QED) is 0.823. The van der Waals surface area contributed by atoms with Gasteiger partial charge in [-0.25, -0.2) is 4.98 Å². The van der Waals surface area contributed by atoms with Gasteiger partial charge < -0.3 is 5.32 Å². The number of nitrogens with zero attached hydrogens (tertiary/aromatic N) is 2. The zero-order chi connectivity index (χ0) is 12.8. The first-order chi connectivity index (χ1) is 8.83. The minimum Gasteiger partial charge on any atom is -0.302 e. The lowest BCUT2D eigenvalue weighted by Gasteiger charge is -2.07. The van der Waals surface area contributed by atoms with E-state index in [0.29, 0.717) is 0 Å². The fourth-order valence-corrected chi connectivity index (χ4v) is 3.78. The van der Waals surface area contributed by atoms with Crippen LogP contribution in [-0.4, -0.2) is 23.3 Å². The van der Waals surface area contributed by atoms with Gasteiger partial charge >= 0.3 is 0 Å². The number of aromatic nitrogens is 1. The summed E-state index contributed by atoms with van der Waals surface area (Å²) in [5, 5.41) is 12.1. The SMILES string of the molecule is CCNC(C#N)CCSc1nc2ccccc2s1. The topological polar surface area (TPSA) is 48.7 Å². The van der Waals surface area contributed by atoms with Gasteiger partial charge in [-0.1, -0.05) is 30.8 Å². The summed E-state index contributed by atoms with van der Waals surface area (Å²) in [6.45, 7) is 2.86. The largest absolute Gasteiger partial charge is 0.302 e. The van der Waals surface area contributed by atoms with Gasteiger partial charge in [-0.2, -0.15) is 5.26 Å². The standard InChI is InChI=1S/C13H15N3S2/c1-2-15-10(9-14)7-8-17-13-16-11-5-3-4-6-12(11)18-13/h3-6,10,15H,2,7-8H2,1H3. The highest BCUT2D eigenvalue weighted by molar-refractivity contribution is 8.01. The fraction of sp³-hybridized carbons (Fsp3) is 0.385. The van der Waals surface area contributed by atoms with Crippen molar-refractivity contribution in [2.75, 3.05) is 12.3 Å². The number of hydrogen-bond donors (Lipinski definition) is 1. The van der Waals surface area contributed by atoms with E-state index in [2.05, 4.69) is 22.4 Å². The second-order valence-electron chi connectivity index (χ2n) is 3.82. The minimum atomic E-state index is -0.0446. The molecule has 1 aromatic carbocycles. The second kappa shape index (κ2) is 6.74. The number of thioether (sulfide) groups is 1. The van der Waals surface area contributed by atoms with E-state index in [1.807, 2.05) is 25.1 Å². The summed E-state index contributed by atoms with van der Waals surface area (Å²) in [4.78, 5) is 4.56. The molecule has 0 aliphatic carbocycles. The van der Waals surface area contributed by atoms with Crippen LogP contribution in [0.3, 0.4) is 0 Å². The summed E-state index contributed by atoms with van der Waals surface area (Å²) in [6, 6.07) is 10.4. The van der Waals surface area contributed by atoms with Crippen molar-refractivity contribution in [1.29, 1.82) is 5.26 Å². The van der Waals surface area contributed by atoms with Crippen LogP contribution in [0.4, 0.5) is 0 Å². The molecule has 2 rings (SSSR count). The van der Waals surface area contributed by atoms with Crippen molar-refractivity contribution >= 4 is 33.3 Å². The van der Waals surface area contributed by atoms with Crippen molar-refractivity contribution in [2.45, 2.75) is 23.7 Å². The number of hydrogen-bond acceptors (Lipinski definition) is 5. The van der Waals surface area contributed by atoms with Crippen LogP contribution in [0, 0.1) is 11.3 Å². The smallest absolute Gasteiger partial charge is 0.151 e. The summed E-state index contributed by atoms with van der Waals surface area (Å²) in [5.74, 6) is 0.922. The normalized spacial score (nSPS) is 12.4. The third-order valence-corrected chi connectivity index (χ3v) is 4.73. The van der Waals surface area contributed by atoms with E-state index in [1.54, 1.807) is 23.1 Å². The lowest BCUT2D eigenvalue weighted by Crippen LogP contribution is -2.27. The Labute approximate surface area is 115 Å². The average molecular weight is 277 g/mol. The van der Waals surface area contributed by atoms with Gasteiger partial charge in [0.2, 0.25) is 0 Å². The van der Waals surface area contributed by atoms with E-state index >= 15 is 0 Å². The van der Waals surface area contributed by atoms with Crippen LogP contribution in [0.1, 0.15) is 13.3 Å². The average Bonchev–Trinajstić information content (AvgIpc) is 2.80. The molecular formula is C13H15N3S2. The fourth-order valence-electron chi connectivity index (χ4n) is 1.64. The number of fused-ring (bicyclic) bond motifs is 1. The molecule has 3 nitrogen and oxygen atoms in total. The van der Waals surface area contributed by atoms with E-state index in [0.717, 1.165) is 28.6 Å². The van der Waals surface area contributed by atoms with E-state index in [-0.39, 0.29) is 6.04 Å². The van der Waals surface area contributed by atoms with Crippen LogP contribution >= 0.6 is 23.1 Å². The maximum Gasteiger partial charge on any atom is 0.151 e. The zero-order valence-corrected chi connectivity index (χ0v) is 11.9. The summed E-state index contributed by atoms with van der Waals surface area (Å²) < 4.78 is 2.31. The molecule has 0 aliphatic rings. The number of thiazole rings is 1. The first-order valence-electron chi connectivity index (χ1n) is 5.95. The van der Waals surface area contributed by atoms with Crippen LogP contribution < -0.4 is 5.32 Å². The van der Waals surface area contributed by atoms with Crippen LogP contribution in [0.2, 0.25) is 0 Å². The number of rotatable bonds is 6. The molecule has 0 amide bonds. The Morgan fingerprint density at radius 1 is 1.50 bits per heavy atom. The number of para-hydroxylation sites is 1. The highest BCUT2D eigenvalue weighted by Gasteiger charge is 2.07. The van der Waals surface area contributed by atoms with Crippen molar-refractivity contribution in [3.8, 4) is 6.07 Å². The Bertz CT molecular complexity index is 511. The maximum atomic E-state index is 8.93. The molecule has 1 N–H and O–H groups in total. The number of benzene rings is 1. The van der Waals surface area contributed by atoms with Crippen molar-refractivity contribution in [1.82, 2.24) is 10.3 Å². The Balaban J connectivity index is 1.88. The first kappa shape index (κ1) is 13.3. The molecule has 5 heteroatoms. The molecule has 18 heavy (non-hydrogen) atoms. The summed E-state index contributed by atoms with van der Waals surface area (Å²) >= 11 is 3.45. The van der Waals surface area contributed by atoms with Crippen LogP contribution in [0.15, 0.2) is 28.6 Å². The van der Waals surface area contributed by atoms with Crippen molar-refractivity contribution in [3.63, 3.8) is 0 Å². The molecule has 0 saturated carbocycles. The van der Waals surface area contributed by atoms with Crippen molar-refractivity contribution in [3.05, 3.63) is 24.3 Å². The highest BCUT2D eigenvalue weighted by atomic mass is 32.2. The summed E-state index contributed by atoms with van der Waals surface area (Å²) in [5.41, 5.74) is 1.06. The molecule has 2 aromatic rings. The van der Waals surface area contributed by atoms with E-state index < -0.39 is 0 Å². The summed E-state index contributed by atoms with van der Waals surface area (Å²) in [6.07, 6.45) is 0.852. The Morgan fingerprint density at radius 2 is 2.33 bits per heavy atom. The van der Waals surface area contributed by atoms with Crippen molar-refractivity contribution < 1.29 is 0 Å². The monoisotopic (exact) mass is 277 g/mol. The molecule has 1 atom stereocenters. The van der Waals surface area contributed by atoms with Gasteiger partial charge in [-0.05, 0) is 25.1 Å². The van der Waals surface area contributed by atoms with Gasteiger partial charge in [-0.3, -0.25) is 0 Å². The molecule has 0 saturated heterocycles. The summed E-state index contributed by atoms with van der Waals surface area (Å²) in [7, 11) is 0. The van der Waals surface area contributed by atoms with Gasteiger partial charge in [0.25, 0.3) is 0 Å². The van der Waals surface area contributed by atoms with Gasteiger partial charge in [0.15, 0.2) is 4.34 Å². The van der Waals surface area contributed by atoms with E-state index in [1.165, 1.54) is 4.70 Å². The third kappa shape index (κ3) is 3.45. The van der Waals surface area contributed by atoms with Gasteiger partial charge in [0.1, 0.15) is 0 Å². The Hall–Kier alpha value is -1.09. The highest BCUT2D eigenvalue weighted by Crippen LogP contribution is 2.29. The number of nitrogens with one attached hydrogen (secondary N) is 1. The first-order valence-corrected chi connectivity index (χ1v) is 7.75. The van der Waals surface area contributed by atoms with Gasteiger partial charge in [-0.15, -0.1) is 11.3 Å². The third-order valence-electron chi connectivity index (χ3n) is 2.51. The molecule has 0 spiro atoms. The molecule has 1 unspecified atom stereocenters. The Kier molecular flexibility index (Phi) is 5.00. The lowest BCUT2D eigenvalue weighted by molar-refractivity contribution is 0.613. The predicted octanol–water partition coefficient (Wildman–Crippen LogP) is 3.28. The zero-order valence-electron chi connectivity index (χ0n) is 10.2. The van der Waals surface area contributed by atoms with Gasteiger partial charge in [0, 0.05) is 5.75 Å². The Morgan fingerprint density at radius 3 is 3.06 bits per heavy atom. The number of nitriles is 1. The van der Waals surface area contributed by atoms with Crippen molar-refractivity contribution in [2.24, 2.45) is 0 Å². The van der Waals surface area contributed by atoms with E-state index in [4.69, 9.17) is 5.26 Å². The molecule has 1 aromatic heterocycles. The molecular weight excluding hydrogens is 262 g/mol. The second-order valence-corrected chi connectivity index (χ2v) is 6.20. The van der Waals surface area contributed by atoms with Gasteiger partial charge in [0.05, 0.1) is 22.3 Å². The molecule has 0 aliphatic heterocycles. The van der Waals surface area contributed by atoms with Crippen LogP contribution in [0.5, 0.6) is 0 Å². The molecule has 0 radical (unpaired) electrons. The molecule has 0 fully saturated rings. The molecule has 1 heterocycles. The van der Waals surface area contributed by atoms with E-state index in [9.17, 15) is 0 Å². The molecule has 0 bridgehead atoms. The minimum absolute atomic E-state index is 0.0446. The predicted molar refractivity (Wildman–Crippen MR) is 78.0 cm³/mol. The maximum absolute atomic E-state index is 8.93. The van der Waals surface area contributed by atoms with Crippen LogP contribution in [-0.2, 0) is 0 Å². The van der Waals surface area contributed by atoms with Crippen LogP contribution in [0.25, 0.3) is 10.2 Å². The lowest BCUT2D eigenvalue weighted by atomic mass is 10.2.